The molecule has 4 rings (SSSR count). The minimum absolute atomic E-state index is 0.150. The molecular formula is C23H28N2O2S. The first-order chi connectivity index (χ1) is 13.6. The van der Waals surface area contributed by atoms with Crippen molar-refractivity contribution in [3.63, 3.8) is 0 Å². The summed E-state index contributed by atoms with van der Waals surface area (Å²) in [7, 11) is 1.71. The molecule has 0 spiro atoms. The summed E-state index contributed by atoms with van der Waals surface area (Å²) < 4.78 is 11.4. The van der Waals surface area contributed by atoms with E-state index in [1.807, 2.05) is 23.9 Å². The van der Waals surface area contributed by atoms with Crippen molar-refractivity contribution in [3.05, 3.63) is 36.4 Å². The third kappa shape index (κ3) is 4.20. The molecule has 2 aromatic carbocycles. The lowest BCUT2D eigenvalue weighted by Crippen LogP contribution is -2.28. The maximum atomic E-state index is 5.96. The molecule has 2 heterocycles. The minimum Gasteiger partial charge on any atom is -0.497 e. The molecule has 28 heavy (non-hydrogen) atoms. The largest absolute Gasteiger partial charge is 0.497 e. The normalized spacial score (nSPS) is 15.4. The van der Waals surface area contributed by atoms with Gasteiger partial charge in [-0.1, -0.05) is 0 Å². The molecule has 0 bridgehead atoms. The predicted octanol–water partition coefficient (Wildman–Crippen LogP) is 5.28. The molecule has 0 radical (unpaired) electrons. The molecule has 5 heteroatoms. The summed E-state index contributed by atoms with van der Waals surface area (Å²) in [5, 5.41) is 5.78. The van der Waals surface area contributed by atoms with Gasteiger partial charge in [-0.15, -0.1) is 11.8 Å². The van der Waals surface area contributed by atoms with Gasteiger partial charge in [0.2, 0.25) is 0 Å². The van der Waals surface area contributed by atoms with Crippen molar-refractivity contribution in [2.24, 2.45) is 5.92 Å². The van der Waals surface area contributed by atoms with Gasteiger partial charge in [0.05, 0.1) is 24.2 Å². The number of hydrogen-bond acceptors (Lipinski definition) is 5. The number of piperidine rings is 1. The number of methoxy groups -OCH3 is 1. The number of benzene rings is 2. The molecule has 0 aliphatic carbocycles. The maximum Gasteiger partial charge on any atom is 0.120 e. The van der Waals surface area contributed by atoms with E-state index in [2.05, 4.69) is 43.4 Å². The molecule has 4 nitrogen and oxygen atoms in total. The van der Waals surface area contributed by atoms with E-state index in [4.69, 9.17) is 14.5 Å². The fraction of sp³-hybridized carbons (Fsp3) is 0.435. The van der Waals surface area contributed by atoms with Crippen LogP contribution in [0, 0.1) is 5.92 Å². The molecule has 0 atom stereocenters. The Bertz CT molecular complexity index is 968. The Hall–Kier alpha value is -1.98. The fourth-order valence-electron chi connectivity index (χ4n) is 3.74. The van der Waals surface area contributed by atoms with Crippen LogP contribution in [0.2, 0.25) is 0 Å². The third-order valence-electron chi connectivity index (χ3n) is 5.20. The third-order valence-corrected chi connectivity index (χ3v) is 6.56. The first-order valence-electron chi connectivity index (χ1n) is 10.1. The summed E-state index contributed by atoms with van der Waals surface area (Å²) in [6, 6.07) is 12.4. The maximum absolute atomic E-state index is 5.96. The van der Waals surface area contributed by atoms with Gasteiger partial charge in [-0.2, -0.15) is 0 Å². The summed E-state index contributed by atoms with van der Waals surface area (Å²) in [4.78, 5) is 6.18. The van der Waals surface area contributed by atoms with Crippen LogP contribution < -0.4 is 14.8 Å². The summed E-state index contributed by atoms with van der Waals surface area (Å²) in [6.45, 7) is 6.37. The average Bonchev–Trinajstić information content (AvgIpc) is 2.71. The fourth-order valence-corrected chi connectivity index (χ4v) is 5.12. The number of nitrogens with zero attached hydrogens (tertiary/aromatic N) is 1. The SMILES string of the molecule is COc1ccc2nc3ccc(OC(C)C)cc3c(SCC3CCNCC3)c2c1. The van der Waals surface area contributed by atoms with Crippen LogP contribution in [0.3, 0.4) is 0 Å². The van der Waals surface area contributed by atoms with Crippen LogP contribution in [0.5, 0.6) is 11.5 Å². The van der Waals surface area contributed by atoms with Gasteiger partial charge in [-0.3, -0.25) is 0 Å². The van der Waals surface area contributed by atoms with Gasteiger partial charge in [0.25, 0.3) is 0 Å². The van der Waals surface area contributed by atoms with Gasteiger partial charge >= 0.3 is 0 Å². The molecule has 3 aromatic rings. The number of ether oxygens (including phenoxy) is 2. The van der Waals surface area contributed by atoms with Crippen LogP contribution in [0.25, 0.3) is 21.8 Å². The minimum atomic E-state index is 0.150. The van der Waals surface area contributed by atoms with E-state index < -0.39 is 0 Å². The first-order valence-corrected chi connectivity index (χ1v) is 11.0. The lowest BCUT2D eigenvalue weighted by molar-refractivity contribution is 0.242. The van der Waals surface area contributed by atoms with Gasteiger partial charge in [-0.05, 0) is 82.1 Å². The van der Waals surface area contributed by atoms with E-state index in [9.17, 15) is 0 Å². The van der Waals surface area contributed by atoms with E-state index in [1.165, 1.54) is 17.7 Å². The molecule has 1 aliphatic rings. The molecule has 1 saturated heterocycles. The van der Waals surface area contributed by atoms with Crippen molar-refractivity contribution >= 4 is 33.6 Å². The standard InChI is InChI=1S/C23H28N2O2S/c1-15(2)27-18-5-7-22-20(13-18)23(28-14-16-8-10-24-11-9-16)19-12-17(26-3)4-6-21(19)25-22/h4-7,12-13,15-16,24H,8-11,14H2,1-3H3. The summed E-state index contributed by atoms with van der Waals surface area (Å²) in [5.74, 6) is 3.65. The number of thioether (sulfide) groups is 1. The van der Waals surface area contributed by atoms with E-state index in [1.54, 1.807) is 7.11 Å². The number of rotatable bonds is 6. The summed E-state index contributed by atoms with van der Waals surface area (Å²) >= 11 is 1.95. The van der Waals surface area contributed by atoms with Crippen molar-refractivity contribution in [3.8, 4) is 11.5 Å². The highest BCUT2D eigenvalue weighted by Gasteiger charge is 2.17. The Morgan fingerprint density at radius 2 is 1.68 bits per heavy atom. The molecule has 0 saturated carbocycles. The molecule has 0 amide bonds. The van der Waals surface area contributed by atoms with Gasteiger partial charge in [0.1, 0.15) is 11.5 Å². The zero-order valence-electron chi connectivity index (χ0n) is 16.8. The predicted molar refractivity (Wildman–Crippen MR) is 118 cm³/mol. The van der Waals surface area contributed by atoms with Gasteiger partial charge in [0, 0.05) is 21.4 Å². The van der Waals surface area contributed by atoms with E-state index in [-0.39, 0.29) is 6.10 Å². The van der Waals surface area contributed by atoms with Crippen LogP contribution >= 0.6 is 11.8 Å². The second-order valence-electron chi connectivity index (χ2n) is 7.67. The highest BCUT2D eigenvalue weighted by molar-refractivity contribution is 7.99. The van der Waals surface area contributed by atoms with E-state index in [0.29, 0.717) is 0 Å². The van der Waals surface area contributed by atoms with E-state index >= 15 is 0 Å². The second kappa shape index (κ2) is 8.58. The zero-order chi connectivity index (χ0) is 19.5. The molecule has 1 aromatic heterocycles. The number of aromatic nitrogens is 1. The smallest absolute Gasteiger partial charge is 0.120 e. The van der Waals surface area contributed by atoms with Crippen LogP contribution in [0.4, 0.5) is 0 Å². The van der Waals surface area contributed by atoms with Crippen molar-refractivity contribution in [2.75, 3.05) is 26.0 Å². The number of fused-ring (bicyclic) bond motifs is 2. The van der Waals surface area contributed by atoms with Gasteiger partial charge in [0.15, 0.2) is 0 Å². The number of hydrogen-bond donors (Lipinski definition) is 1. The number of nitrogens with one attached hydrogen (secondary N) is 1. The summed E-state index contributed by atoms with van der Waals surface area (Å²) in [6.07, 6.45) is 2.65. The molecule has 148 valence electrons. The molecule has 1 fully saturated rings. The summed E-state index contributed by atoms with van der Waals surface area (Å²) in [5.41, 5.74) is 2.03. The van der Waals surface area contributed by atoms with Crippen molar-refractivity contribution < 1.29 is 9.47 Å². The molecule has 1 aliphatic heterocycles. The Kier molecular flexibility index (Phi) is 5.93. The van der Waals surface area contributed by atoms with Gasteiger partial charge in [-0.25, -0.2) is 4.98 Å². The highest BCUT2D eigenvalue weighted by Crippen LogP contribution is 2.38. The van der Waals surface area contributed by atoms with Crippen molar-refractivity contribution in [1.29, 1.82) is 0 Å². The lowest BCUT2D eigenvalue weighted by Gasteiger charge is -2.22. The lowest BCUT2D eigenvalue weighted by atomic mass is 10.0. The Morgan fingerprint density at radius 3 is 2.32 bits per heavy atom. The Morgan fingerprint density at radius 1 is 1.04 bits per heavy atom. The van der Waals surface area contributed by atoms with E-state index in [0.717, 1.165) is 58.1 Å². The molecule has 1 N–H and O–H groups in total. The molecule has 0 unspecified atom stereocenters. The monoisotopic (exact) mass is 396 g/mol. The Labute approximate surface area is 171 Å². The van der Waals surface area contributed by atoms with Crippen LogP contribution in [-0.4, -0.2) is 37.0 Å². The highest BCUT2D eigenvalue weighted by atomic mass is 32.2. The quantitative estimate of drug-likeness (QED) is 0.454. The van der Waals surface area contributed by atoms with Crippen molar-refractivity contribution in [2.45, 2.75) is 37.7 Å². The van der Waals surface area contributed by atoms with Crippen LogP contribution in [0.1, 0.15) is 26.7 Å². The average molecular weight is 397 g/mol. The molecular weight excluding hydrogens is 368 g/mol. The number of pyridine rings is 1. The zero-order valence-corrected chi connectivity index (χ0v) is 17.6. The topological polar surface area (TPSA) is 43.4 Å². The van der Waals surface area contributed by atoms with Crippen molar-refractivity contribution in [1.82, 2.24) is 10.3 Å². The first kappa shape index (κ1) is 19.3. The Balaban J connectivity index is 1.80. The van der Waals surface area contributed by atoms with Crippen LogP contribution in [0.15, 0.2) is 41.3 Å². The van der Waals surface area contributed by atoms with Gasteiger partial charge < -0.3 is 14.8 Å². The van der Waals surface area contributed by atoms with Crippen LogP contribution in [-0.2, 0) is 0 Å². The second-order valence-corrected chi connectivity index (χ2v) is 8.70.